The highest BCUT2D eigenvalue weighted by atomic mass is 32.2. The zero-order valence-corrected chi connectivity index (χ0v) is 18.0. The van der Waals surface area contributed by atoms with Gasteiger partial charge in [0, 0.05) is 35.8 Å². The molecule has 1 heterocycles. The van der Waals surface area contributed by atoms with Gasteiger partial charge in [-0.2, -0.15) is 5.10 Å². The van der Waals surface area contributed by atoms with E-state index in [-0.39, 0.29) is 24.7 Å². The van der Waals surface area contributed by atoms with Crippen LogP contribution in [0.4, 0.5) is 5.69 Å². The Balaban J connectivity index is 2.00. The molecule has 1 aromatic carbocycles. The van der Waals surface area contributed by atoms with Crippen LogP contribution in [-0.4, -0.2) is 42.7 Å². The van der Waals surface area contributed by atoms with Crippen LogP contribution in [0.1, 0.15) is 30.8 Å². The number of nitrogens with one attached hydrogen (secondary N) is 1. The van der Waals surface area contributed by atoms with E-state index in [0.717, 1.165) is 23.5 Å². The summed E-state index contributed by atoms with van der Waals surface area (Å²) < 4.78 is 29.8. The molecule has 2 rings (SSSR count). The minimum absolute atomic E-state index is 0.0531. The van der Waals surface area contributed by atoms with Crippen molar-refractivity contribution in [2.24, 2.45) is 5.92 Å². The van der Waals surface area contributed by atoms with Crippen LogP contribution < -0.4 is 10.1 Å². The fourth-order valence-corrected chi connectivity index (χ4v) is 3.24. The highest BCUT2D eigenvalue weighted by Gasteiger charge is 2.16. The molecule has 1 N–H and O–H groups in total. The first-order valence-electron chi connectivity index (χ1n) is 9.28. The number of ether oxygens (including phenoxy) is 1. The van der Waals surface area contributed by atoms with E-state index in [2.05, 4.69) is 24.3 Å². The molecule has 1 aromatic heterocycles. The molecule has 0 radical (unpaired) electrons. The first kappa shape index (κ1) is 21.9. The van der Waals surface area contributed by atoms with Crippen LogP contribution in [0.5, 0.6) is 5.75 Å². The van der Waals surface area contributed by atoms with E-state index >= 15 is 0 Å². The summed E-state index contributed by atoms with van der Waals surface area (Å²) in [4.78, 5) is 12.5. The smallest absolute Gasteiger partial charge is 0.228 e. The zero-order chi connectivity index (χ0) is 20.9. The highest BCUT2D eigenvalue weighted by Crippen LogP contribution is 2.19. The third-order valence-corrected chi connectivity index (χ3v) is 5.16. The molecular formula is C20H29N3O4S. The quantitative estimate of drug-likeness (QED) is 0.690. The van der Waals surface area contributed by atoms with Crippen LogP contribution >= 0.6 is 0 Å². The SMILES string of the molecule is Cc1nn(CC(C)C)c(C)c1CC(=O)Nc1cccc(OCCS(C)(=O)=O)c1. The molecule has 0 saturated carbocycles. The summed E-state index contributed by atoms with van der Waals surface area (Å²) in [6.45, 7) is 9.07. The van der Waals surface area contributed by atoms with Crippen molar-refractivity contribution in [3.8, 4) is 5.75 Å². The number of nitrogens with zero attached hydrogens (tertiary/aromatic N) is 2. The second-order valence-corrected chi connectivity index (χ2v) is 9.72. The fraction of sp³-hybridized carbons (Fsp3) is 0.500. The lowest BCUT2D eigenvalue weighted by molar-refractivity contribution is -0.115. The standard InChI is InChI=1S/C20H29N3O4S/c1-14(2)13-23-16(4)19(15(3)22-23)12-20(24)21-17-7-6-8-18(11-17)27-9-10-28(5,25)26/h6-8,11,14H,9-10,12-13H2,1-5H3,(H,21,24). The lowest BCUT2D eigenvalue weighted by Gasteiger charge is -2.10. The van der Waals surface area contributed by atoms with Gasteiger partial charge in [-0.15, -0.1) is 0 Å². The van der Waals surface area contributed by atoms with E-state index in [1.165, 1.54) is 6.26 Å². The van der Waals surface area contributed by atoms with Crippen LogP contribution in [0.3, 0.4) is 0 Å². The van der Waals surface area contributed by atoms with Crippen LogP contribution in [0.25, 0.3) is 0 Å². The number of carbonyl (C=O) groups excluding carboxylic acids is 1. The van der Waals surface area contributed by atoms with E-state index in [0.29, 0.717) is 17.4 Å². The third kappa shape index (κ3) is 6.67. The third-order valence-electron chi connectivity index (χ3n) is 4.25. The largest absolute Gasteiger partial charge is 0.492 e. The molecule has 154 valence electrons. The number of benzene rings is 1. The fourth-order valence-electron chi connectivity index (χ4n) is 2.85. The molecule has 8 heteroatoms. The summed E-state index contributed by atoms with van der Waals surface area (Å²) in [5.74, 6) is 0.801. The van der Waals surface area contributed by atoms with Crippen molar-refractivity contribution in [2.45, 2.75) is 40.7 Å². The predicted octanol–water partition coefficient (Wildman–Crippen LogP) is 2.76. The lowest BCUT2D eigenvalue weighted by Crippen LogP contribution is -2.16. The van der Waals surface area contributed by atoms with Crippen molar-refractivity contribution in [3.63, 3.8) is 0 Å². The zero-order valence-electron chi connectivity index (χ0n) is 17.2. The second-order valence-electron chi connectivity index (χ2n) is 7.46. The highest BCUT2D eigenvalue weighted by molar-refractivity contribution is 7.90. The average Bonchev–Trinajstić information content (AvgIpc) is 2.81. The summed E-state index contributed by atoms with van der Waals surface area (Å²) in [6.07, 6.45) is 1.41. The van der Waals surface area contributed by atoms with Crippen molar-refractivity contribution in [2.75, 3.05) is 23.9 Å². The normalized spacial score (nSPS) is 11.6. The van der Waals surface area contributed by atoms with Crippen LogP contribution in [-0.2, 0) is 27.6 Å². The molecule has 7 nitrogen and oxygen atoms in total. The van der Waals surface area contributed by atoms with E-state index in [1.54, 1.807) is 24.3 Å². The lowest BCUT2D eigenvalue weighted by atomic mass is 10.1. The Morgan fingerprint density at radius 2 is 2.00 bits per heavy atom. The van der Waals surface area contributed by atoms with Gasteiger partial charge in [0.1, 0.15) is 12.4 Å². The molecular weight excluding hydrogens is 378 g/mol. The van der Waals surface area contributed by atoms with Crippen LogP contribution in [0, 0.1) is 19.8 Å². The average molecular weight is 408 g/mol. The Bertz CT molecular complexity index is 933. The number of carbonyl (C=O) groups is 1. The molecule has 0 aliphatic rings. The molecule has 0 spiro atoms. The van der Waals surface area contributed by atoms with Gasteiger partial charge < -0.3 is 10.1 Å². The molecule has 0 aliphatic heterocycles. The van der Waals surface area contributed by atoms with Gasteiger partial charge >= 0.3 is 0 Å². The first-order chi connectivity index (χ1) is 13.0. The minimum atomic E-state index is -3.07. The Morgan fingerprint density at radius 1 is 1.29 bits per heavy atom. The van der Waals surface area contributed by atoms with Crippen molar-refractivity contribution in [1.82, 2.24) is 9.78 Å². The van der Waals surface area contributed by atoms with Gasteiger partial charge in [-0.3, -0.25) is 9.48 Å². The molecule has 2 aromatic rings. The maximum atomic E-state index is 12.5. The number of sulfone groups is 1. The molecule has 0 unspecified atom stereocenters. The number of hydrogen-bond acceptors (Lipinski definition) is 5. The van der Waals surface area contributed by atoms with E-state index in [4.69, 9.17) is 4.74 Å². The summed E-state index contributed by atoms with van der Waals surface area (Å²) in [6, 6.07) is 6.93. The number of hydrogen-bond donors (Lipinski definition) is 1. The van der Waals surface area contributed by atoms with Crippen molar-refractivity contribution in [3.05, 3.63) is 41.2 Å². The van der Waals surface area contributed by atoms with Crippen LogP contribution in [0.2, 0.25) is 0 Å². The number of amides is 1. The number of aryl methyl sites for hydroxylation is 1. The Morgan fingerprint density at radius 3 is 2.64 bits per heavy atom. The van der Waals surface area contributed by atoms with Gasteiger partial charge in [-0.05, 0) is 31.9 Å². The van der Waals surface area contributed by atoms with Gasteiger partial charge in [0.2, 0.25) is 5.91 Å². The second kappa shape index (κ2) is 9.23. The molecule has 28 heavy (non-hydrogen) atoms. The van der Waals surface area contributed by atoms with Gasteiger partial charge in [0.05, 0.1) is 17.9 Å². The van der Waals surface area contributed by atoms with Gasteiger partial charge in [-0.1, -0.05) is 19.9 Å². The number of anilines is 1. The molecule has 1 amide bonds. The van der Waals surface area contributed by atoms with Gasteiger partial charge in [-0.25, -0.2) is 8.42 Å². The summed E-state index contributed by atoms with van der Waals surface area (Å²) in [5.41, 5.74) is 3.43. The number of aromatic nitrogens is 2. The monoisotopic (exact) mass is 407 g/mol. The summed E-state index contributed by atoms with van der Waals surface area (Å²) in [7, 11) is -3.07. The van der Waals surface area contributed by atoms with Crippen LogP contribution in [0.15, 0.2) is 24.3 Å². The predicted molar refractivity (Wildman–Crippen MR) is 111 cm³/mol. The van der Waals surface area contributed by atoms with Gasteiger partial charge in [0.25, 0.3) is 0 Å². The van der Waals surface area contributed by atoms with Gasteiger partial charge in [0.15, 0.2) is 9.84 Å². The van der Waals surface area contributed by atoms with Crippen molar-refractivity contribution < 1.29 is 17.9 Å². The Hall–Kier alpha value is -2.35. The van der Waals surface area contributed by atoms with E-state index in [1.807, 2.05) is 18.5 Å². The maximum Gasteiger partial charge on any atom is 0.228 e. The number of rotatable bonds is 9. The maximum absolute atomic E-state index is 12.5. The van der Waals surface area contributed by atoms with Crippen molar-refractivity contribution >= 4 is 21.4 Å². The first-order valence-corrected chi connectivity index (χ1v) is 11.3. The summed E-state index contributed by atoms with van der Waals surface area (Å²) >= 11 is 0. The Labute approximate surface area is 167 Å². The van der Waals surface area contributed by atoms with Crippen molar-refractivity contribution in [1.29, 1.82) is 0 Å². The molecule has 0 aliphatic carbocycles. The molecule has 0 saturated heterocycles. The van der Waals surface area contributed by atoms with E-state index in [9.17, 15) is 13.2 Å². The molecule has 0 atom stereocenters. The molecule has 0 fully saturated rings. The minimum Gasteiger partial charge on any atom is -0.492 e. The van der Waals surface area contributed by atoms with E-state index < -0.39 is 9.84 Å². The molecule has 0 bridgehead atoms. The summed E-state index contributed by atoms with van der Waals surface area (Å²) in [5, 5.41) is 7.41. The Kier molecular flexibility index (Phi) is 7.23. The topological polar surface area (TPSA) is 90.3 Å².